The van der Waals surface area contributed by atoms with Crippen LogP contribution >= 0.6 is 0 Å². The number of aliphatic imine (C=N–C) groups is 1. The van der Waals surface area contributed by atoms with Crippen LogP contribution < -0.4 is 10.6 Å². The highest BCUT2D eigenvalue weighted by molar-refractivity contribution is 5.79. The number of guanidine groups is 1. The number of rotatable bonds is 8. The highest BCUT2D eigenvalue weighted by atomic mass is 15.2. The number of hydrogen-bond acceptors (Lipinski definition) is 2. The molecule has 0 atom stereocenters. The molecule has 1 fully saturated rings. The summed E-state index contributed by atoms with van der Waals surface area (Å²) in [6, 6.07) is 8.69. The van der Waals surface area contributed by atoms with E-state index in [0.717, 1.165) is 37.3 Å². The predicted octanol–water partition coefficient (Wildman–Crippen LogP) is 3.88. The molecule has 5 nitrogen and oxygen atoms in total. The van der Waals surface area contributed by atoms with E-state index in [4.69, 9.17) is 0 Å². The van der Waals surface area contributed by atoms with Crippen molar-refractivity contribution in [2.75, 3.05) is 13.6 Å². The molecule has 2 N–H and O–H groups in total. The summed E-state index contributed by atoms with van der Waals surface area (Å²) in [5.41, 5.74) is 2.55. The van der Waals surface area contributed by atoms with Gasteiger partial charge in [0.25, 0.3) is 0 Å². The maximum absolute atomic E-state index is 4.35. The van der Waals surface area contributed by atoms with Crippen molar-refractivity contribution in [3.8, 4) is 0 Å². The summed E-state index contributed by atoms with van der Waals surface area (Å²) in [6.45, 7) is 4.66. The number of nitrogens with one attached hydrogen (secondary N) is 2. The van der Waals surface area contributed by atoms with Crippen molar-refractivity contribution in [3.63, 3.8) is 0 Å². The summed E-state index contributed by atoms with van der Waals surface area (Å²) in [5.74, 6) is 2.89. The smallest absolute Gasteiger partial charge is 0.191 e. The quantitative estimate of drug-likeness (QED) is 0.423. The Morgan fingerprint density at radius 3 is 2.78 bits per heavy atom. The maximum Gasteiger partial charge on any atom is 0.191 e. The monoisotopic (exact) mass is 367 g/mol. The van der Waals surface area contributed by atoms with Crippen molar-refractivity contribution in [2.45, 2.75) is 58.5 Å². The molecule has 0 bridgehead atoms. The SMILES string of the molecule is CN=C(NCCCC1CCCC1)NCc1cccc(Cn2ccnc2C)c1. The topological polar surface area (TPSA) is 54.2 Å². The van der Waals surface area contributed by atoms with E-state index in [1.807, 2.05) is 26.4 Å². The van der Waals surface area contributed by atoms with Gasteiger partial charge in [0, 0.05) is 39.1 Å². The molecule has 0 radical (unpaired) electrons. The third-order valence-corrected chi connectivity index (χ3v) is 5.51. The minimum Gasteiger partial charge on any atom is -0.356 e. The van der Waals surface area contributed by atoms with Gasteiger partial charge in [-0.25, -0.2) is 4.98 Å². The predicted molar refractivity (Wildman–Crippen MR) is 112 cm³/mol. The van der Waals surface area contributed by atoms with E-state index >= 15 is 0 Å². The first kappa shape index (κ1) is 19.5. The summed E-state index contributed by atoms with van der Waals surface area (Å²) in [4.78, 5) is 8.64. The molecular weight excluding hydrogens is 334 g/mol. The molecule has 1 aliphatic rings. The van der Waals surface area contributed by atoms with Gasteiger partial charge < -0.3 is 15.2 Å². The van der Waals surface area contributed by atoms with Gasteiger partial charge in [0.05, 0.1) is 0 Å². The second-order valence-electron chi connectivity index (χ2n) is 7.57. The first-order chi connectivity index (χ1) is 13.2. The lowest BCUT2D eigenvalue weighted by Crippen LogP contribution is -2.37. The molecule has 1 aromatic carbocycles. The van der Waals surface area contributed by atoms with Crippen LogP contribution in [0, 0.1) is 12.8 Å². The van der Waals surface area contributed by atoms with E-state index in [2.05, 4.69) is 49.4 Å². The molecule has 146 valence electrons. The first-order valence-corrected chi connectivity index (χ1v) is 10.2. The van der Waals surface area contributed by atoms with E-state index < -0.39 is 0 Å². The Morgan fingerprint density at radius 2 is 2.04 bits per heavy atom. The minimum absolute atomic E-state index is 0.777. The van der Waals surface area contributed by atoms with Crippen LogP contribution in [0.4, 0.5) is 0 Å². The van der Waals surface area contributed by atoms with Gasteiger partial charge in [0.15, 0.2) is 5.96 Å². The molecule has 27 heavy (non-hydrogen) atoms. The Balaban J connectivity index is 1.42. The van der Waals surface area contributed by atoms with E-state index in [-0.39, 0.29) is 0 Å². The van der Waals surface area contributed by atoms with Crippen molar-refractivity contribution in [2.24, 2.45) is 10.9 Å². The highest BCUT2D eigenvalue weighted by Crippen LogP contribution is 2.28. The van der Waals surface area contributed by atoms with Gasteiger partial charge in [-0.15, -0.1) is 0 Å². The Bertz CT molecular complexity index is 728. The molecule has 0 aliphatic heterocycles. The van der Waals surface area contributed by atoms with Crippen LogP contribution in [0.2, 0.25) is 0 Å². The third kappa shape index (κ3) is 6.12. The summed E-state index contributed by atoms with van der Waals surface area (Å²) in [5, 5.41) is 6.88. The second-order valence-corrected chi connectivity index (χ2v) is 7.57. The van der Waals surface area contributed by atoms with Gasteiger partial charge >= 0.3 is 0 Å². The van der Waals surface area contributed by atoms with Gasteiger partial charge in [0.2, 0.25) is 0 Å². The highest BCUT2D eigenvalue weighted by Gasteiger charge is 2.14. The molecule has 1 aromatic heterocycles. The largest absolute Gasteiger partial charge is 0.356 e. The summed E-state index contributed by atoms with van der Waals surface area (Å²) >= 11 is 0. The minimum atomic E-state index is 0.777. The molecule has 0 amide bonds. The molecule has 1 aliphatic carbocycles. The lowest BCUT2D eigenvalue weighted by Gasteiger charge is -2.14. The Morgan fingerprint density at radius 1 is 1.22 bits per heavy atom. The zero-order valence-corrected chi connectivity index (χ0v) is 16.7. The van der Waals surface area contributed by atoms with E-state index in [9.17, 15) is 0 Å². The van der Waals surface area contributed by atoms with Crippen LogP contribution in [0.1, 0.15) is 55.5 Å². The first-order valence-electron chi connectivity index (χ1n) is 10.2. The summed E-state index contributed by atoms with van der Waals surface area (Å²) < 4.78 is 2.16. The van der Waals surface area contributed by atoms with Crippen molar-refractivity contribution in [1.82, 2.24) is 20.2 Å². The summed E-state index contributed by atoms with van der Waals surface area (Å²) in [7, 11) is 1.84. The van der Waals surface area contributed by atoms with Crippen molar-refractivity contribution >= 4 is 5.96 Å². The van der Waals surface area contributed by atoms with Gasteiger partial charge in [0.1, 0.15) is 5.82 Å². The average Bonchev–Trinajstić information content (AvgIpc) is 3.34. The number of aryl methyl sites for hydroxylation is 1. The average molecular weight is 368 g/mol. The molecular formula is C22H33N5. The van der Waals surface area contributed by atoms with Crippen molar-refractivity contribution in [3.05, 3.63) is 53.6 Å². The van der Waals surface area contributed by atoms with Gasteiger partial charge in [-0.05, 0) is 36.8 Å². The Hall–Kier alpha value is -2.30. The van der Waals surface area contributed by atoms with E-state index in [0.29, 0.717) is 0 Å². The summed E-state index contributed by atoms with van der Waals surface area (Å²) in [6.07, 6.45) is 12.2. The molecule has 5 heteroatoms. The lowest BCUT2D eigenvalue weighted by atomic mass is 10.0. The van der Waals surface area contributed by atoms with Crippen LogP contribution in [0.5, 0.6) is 0 Å². The Labute approximate surface area is 163 Å². The number of nitrogens with zero attached hydrogens (tertiary/aromatic N) is 3. The normalized spacial score (nSPS) is 15.3. The fraction of sp³-hybridized carbons (Fsp3) is 0.545. The van der Waals surface area contributed by atoms with Crippen LogP contribution in [0.15, 0.2) is 41.7 Å². The second kappa shape index (κ2) is 10.1. The molecule has 0 saturated heterocycles. The molecule has 3 rings (SSSR count). The van der Waals surface area contributed by atoms with Gasteiger partial charge in [-0.2, -0.15) is 0 Å². The number of aromatic nitrogens is 2. The van der Waals surface area contributed by atoms with Gasteiger partial charge in [-0.1, -0.05) is 49.9 Å². The lowest BCUT2D eigenvalue weighted by molar-refractivity contribution is 0.481. The maximum atomic E-state index is 4.35. The fourth-order valence-electron chi connectivity index (χ4n) is 3.91. The molecule has 2 aromatic rings. The van der Waals surface area contributed by atoms with E-state index in [1.165, 1.54) is 49.7 Å². The van der Waals surface area contributed by atoms with Crippen molar-refractivity contribution in [1.29, 1.82) is 0 Å². The molecule has 1 heterocycles. The zero-order valence-electron chi connectivity index (χ0n) is 16.7. The van der Waals surface area contributed by atoms with E-state index in [1.54, 1.807) is 0 Å². The standard InChI is InChI=1S/C22H33N5/c1-18-24-13-14-27(18)17-21-10-5-9-20(15-21)16-26-22(23-2)25-12-6-11-19-7-3-4-8-19/h5,9-10,13-15,19H,3-4,6-8,11-12,16-17H2,1-2H3,(H2,23,25,26). The fourth-order valence-corrected chi connectivity index (χ4v) is 3.91. The Kier molecular flexibility index (Phi) is 7.31. The number of imidazole rings is 1. The number of benzene rings is 1. The van der Waals surface area contributed by atoms with Crippen LogP contribution in [0.25, 0.3) is 0 Å². The molecule has 0 spiro atoms. The third-order valence-electron chi connectivity index (χ3n) is 5.51. The van der Waals surface area contributed by atoms with Crippen LogP contribution in [-0.2, 0) is 13.1 Å². The van der Waals surface area contributed by atoms with Crippen LogP contribution in [0.3, 0.4) is 0 Å². The van der Waals surface area contributed by atoms with Crippen LogP contribution in [-0.4, -0.2) is 29.1 Å². The van der Waals surface area contributed by atoms with Crippen molar-refractivity contribution < 1.29 is 0 Å². The van der Waals surface area contributed by atoms with Gasteiger partial charge in [-0.3, -0.25) is 4.99 Å². The molecule has 0 unspecified atom stereocenters. The number of hydrogen-bond donors (Lipinski definition) is 2. The molecule has 1 saturated carbocycles. The zero-order chi connectivity index (χ0) is 18.9.